The van der Waals surface area contributed by atoms with Gasteiger partial charge in [-0.1, -0.05) is 6.58 Å². The molecule has 0 spiro atoms. The molecule has 2 N–H and O–H groups in total. The maximum atomic E-state index is 9.25. The third-order valence-electron chi connectivity index (χ3n) is 0.175. The van der Waals surface area contributed by atoms with Crippen LogP contribution in [0.4, 0.5) is 0 Å². The maximum Gasteiger partial charge on any atom is 0.327 e. The highest BCUT2D eigenvalue weighted by Crippen LogP contribution is 1.60. The molecule has 0 aliphatic rings. The summed E-state index contributed by atoms with van der Waals surface area (Å²) in [4.78, 5) is 9.25. The van der Waals surface area contributed by atoms with Crippen molar-refractivity contribution in [3.63, 3.8) is 0 Å². The molecule has 0 bridgehead atoms. The van der Waals surface area contributed by atoms with Gasteiger partial charge in [0.25, 0.3) is 10.1 Å². The number of carbonyl (C=O) groups is 1. The second-order valence-corrected chi connectivity index (χ2v) is 2.74. The average Bonchev–Trinajstić information content (AvgIpc) is 1.61. The number of rotatable bonds is 1. The Morgan fingerprint density at radius 2 is 1.70 bits per heavy atom. The molecule has 0 aliphatic carbocycles. The molecule has 0 unspecified atom stereocenters. The normalized spacial score (nSPS) is 9.00. The van der Waals surface area contributed by atoms with Crippen molar-refractivity contribution in [1.29, 1.82) is 0 Å². The minimum atomic E-state index is -3.67. The highest BCUT2D eigenvalue weighted by molar-refractivity contribution is 7.85. The number of hydrogen-bond donors (Lipinski definition) is 2. The van der Waals surface area contributed by atoms with Gasteiger partial charge in [-0.25, -0.2) is 4.79 Å². The Morgan fingerprint density at radius 1 is 1.60 bits per heavy atom. The van der Waals surface area contributed by atoms with Gasteiger partial charge in [-0.3, -0.25) is 4.55 Å². The van der Waals surface area contributed by atoms with Crippen LogP contribution in [0.5, 0.6) is 0 Å². The second kappa shape index (κ2) is 4.95. The van der Waals surface area contributed by atoms with Crippen molar-refractivity contribution in [2.75, 3.05) is 6.26 Å². The minimum Gasteiger partial charge on any atom is -0.478 e. The largest absolute Gasteiger partial charge is 0.478 e. The lowest BCUT2D eigenvalue weighted by molar-refractivity contribution is -0.131. The summed E-state index contributed by atoms with van der Waals surface area (Å²) in [5, 5.41) is 7.60. The molecule has 0 rings (SSSR count). The minimum absolute atomic E-state index is 0.715. The van der Waals surface area contributed by atoms with Crippen LogP contribution in [0, 0.1) is 0 Å². The van der Waals surface area contributed by atoms with Crippen molar-refractivity contribution >= 4 is 16.1 Å². The smallest absolute Gasteiger partial charge is 0.327 e. The zero-order valence-corrected chi connectivity index (χ0v) is 6.13. The lowest BCUT2D eigenvalue weighted by Crippen LogP contribution is -1.88. The quantitative estimate of drug-likeness (QED) is 0.416. The van der Waals surface area contributed by atoms with Crippen LogP contribution >= 0.6 is 0 Å². The Kier molecular flexibility index (Phi) is 5.87. The van der Waals surface area contributed by atoms with Crippen LogP contribution in [-0.4, -0.2) is 30.3 Å². The van der Waals surface area contributed by atoms with Gasteiger partial charge >= 0.3 is 5.97 Å². The van der Waals surface area contributed by atoms with Crippen LogP contribution in [0.2, 0.25) is 0 Å². The summed E-state index contributed by atoms with van der Waals surface area (Å²) in [5.41, 5.74) is 0. The van der Waals surface area contributed by atoms with E-state index in [-0.39, 0.29) is 0 Å². The first kappa shape index (κ1) is 11.9. The van der Waals surface area contributed by atoms with Gasteiger partial charge in [0.2, 0.25) is 0 Å². The summed E-state index contributed by atoms with van der Waals surface area (Å²) >= 11 is 0. The molecule has 0 atom stereocenters. The predicted molar refractivity (Wildman–Crippen MR) is 35.3 cm³/mol. The van der Waals surface area contributed by atoms with Gasteiger partial charge in [-0.05, 0) is 0 Å². The molecule has 0 radical (unpaired) electrons. The van der Waals surface area contributed by atoms with Gasteiger partial charge in [0.15, 0.2) is 0 Å². The monoisotopic (exact) mass is 168 g/mol. The molecule has 0 saturated heterocycles. The van der Waals surface area contributed by atoms with Crippen molar-refractivity contribution in [3.8, 4) is 0 Å². The predicted octanol–water partition coefficient (Wildman–Crippen LogP) is -0.239. The fraction of sp³-hybridized carbons (Fsp3) is 0.250. The van der Waals surface area contributed by atoms with Gasteiger partial charge in [0.05, 0.1) is 6.26 Å². The molecule has 6 heteroatoms. The Labute approximate surface area is 58.7 Å². The topological polar surface area (TPSA) is 91.7 Å². The maximum absolute atomic E-state index is 9.25. The van der Waals surface area contributed by atoms with Gasteiger partial charge in [-0.15, -0.1) is 0 Å². The standard InChI is InChI=1S/C3H4O2.CH4O3S/c1-2-3(4)5;1-5(2,3)4/h2H,1H2,(H,4,5);1H3,(H,2,3,4). The Balaban J connectivity index is 0. The summed E-state index contributed by atoms with van der Waals surface area (Å²) in [5.74, 6) is -0.981. The van der Waals surface area contributed by atoms with Crippen LogP contribution in [0.15, 0.2) is 12.7 Å². The van der Waals surface area contributed by atoms with Gasteiger partial charge in [-0.2, -0.15) is 8.42 Å². The van der Waals surface area contributed by atoms with Crippen LogP contribution in [0.25, 0.3) is 0 Å². The SMILES string of the molecule is C=CC(=O)O.CS(=O)(=O)O. The average molecular weight is 168 g/mol. The Bertz CT molecular complexity index is 194. The highest BCUT2D eigenvalue weighted by atomic mass is 32.2. The number of aliphatic carboxylic acids is 1. The molecule has 0 saturated carbocycles. The zero-order valence-electron chi connectivity index (χ0n) is 5.31. The molecule has 0 aromatic carbocycles. The van der Waals surface area contributed by atoms with E-state index in [9.17, 15) is 13.2 Å². The lowest BCUT2D eigenvalue weighted by Gasteiger charge is -1.69. The molecular formula is C4H8O5S. The summed E-state index contributed by atoms with van der Waals surface area (Å²) in [6.45, 7) is 2.96. The van der Waals surface area contributed by atoms with Crippen molar-refractivity contribution in [1.82, 2.24) is 0 Å². The molecule has 5 nitrogen and oxygen atoms in total. The molecule has 60 valence electrons. The van der Waals surface area contributed by atoms with Gasteiger partial charge < -0.3 is 5.11 Å². The molecule has 10 heavy (non-hydrogen) atoms. The van der Waals surface area contributed by atoms with Crippen molar-refractivity contribution in [2.45, 2.75) is 0 Å². The van der Waals surface area contributed by atoms with E-state index >= 15 is 0 Å². The molecule has 0 heterocycles. The zero-order chi connectivity index (χ0) is 8.78. The van der Waals surface area contributed by atoms with E-state index in [2.05, 4.69) is 6.58 Å². The molecular weight excluding hydrogens is 160 g/mol. The molecule has 0 aromatic rings. The van der Waals surface area contributed by atoms with Crippen LogP contribution in [-0.2, 0) is 14.9 Å². The van der Waals surface area contributed by atoms with Crippen molar-refractivity contribution in [2.24, 2.45) is 0 Å². The summed E-state index contributed by atoms with van der Waals surface area (Å²) in [6, 6.07) is 0. The lowest BCUT2D eigenvalue weighted by atomic mass is 10.7. The van der Waals surface area contributed by atoms with E-state index in [4.69, 9.17) is 9.66 Å². The van der Waals surface area contributed by atoms with Gasteiger partial charge in [0.1, 0.15) is 0 Å². The first-order chi connectivity index (χ1) is 4.27. The molecule has 0 amide bonds. The van der Waals surface area contributed by atoms with E-state index in [0.29, 0.717) is 6.26 Å². The second-order valence-electron chi connectivity index (χ2n) is 1.28. The number of carboxylic acids is 1. The van der Waals surface area contributed by atoms with Crippen LogP contribution in [0.3, 0.4) is 0 Å². The van der Waals surface area contributed by atoms with Crippen molar-refractivity contribution < 1.29 is 22.9 Å². The Hall–Kier alpha value is -0.880. The van der Waals surface area contributed by atoms with E-state index in [1.807, 2.05) is 0 Å². The fourth-order valence-electron chi connectivity index (χ4n) is 0. The van der Waals surface area contributed by atoms with E-state index in [1.165, 1.54) is 0 Å². The van der Waals surface area contributed by atoms with Gasteiger partial charge in [0, 0.05) is 6.08 Å². The number of hydrogen-bond acceptors (Lipinski definition) is 3. The number of carboxylic acid groups (broad SMARTS) is 1. The summed E-state index contributed by atoms with van der Waals surface area (Å²) in [7, 11) is -3.67. The van der Waals surface area contributed by atoms with E-state index in [1.54, 1.807) is 0 Å². The summed E-state index contributed by atoms with van der Waals surface area (Å²) in [6.07, 6.45) is 1.55. The first-order valence-corrected chi connectivity index (χ1v) is 3.90. The molecule has 0 aromatic heterocycles. The highest BCUT2D eigenvalue weighted by Gasteiger charge is 1.81. The van der Waals surface area contributed by atoms with Crippen LogP contribution < -0.4 is 0 Å². The first-order valence-electron chi connectivity index (χ1n) is 2.05. The molecule has 0 aliphatic heterocycles. The fourth-order valence-corrected chi connectivity index (χ4v) is 0. The van der Waals surface area contributed by atoms with Crippen LogP contribution in [0.1, 0.15) is 0 Å². The van der Waals surface area contributed by atoms with Crippen molar-refractivity contribution in [3.05, 3.63) is 12.7 Å². The summed E-state index contributed by atoms with van der Waals surface area (Å²) < 4.78 is 25.9. The molecule has 0 fully saturated rings. The van der Waals surface area contributed by atoms with E-state index in [0.717, 1.165) is 6.08 Å². The third-order valence-corrected chi connectivity index (χ3v) is 0.175. The Morgan fingerprint density at radius 3 is 1.70 bits per heavy atom. The van der Waals surface area contributed by atoms with E-state index < -0.39 is 16.1 Å². The third kappa shape index (κ3) is 213.